The largest absolute Gasteiger partial charge is 0.493 e. The molecule has 21 heavy (non-hydrogen) atoms. The van der Waals surface area contributed by atoms with Crippen LogP contribution in [-0.2, 0) is 12.8 Å². The van der Waals surface area contributed by atoms with Gasteiger partial charge in [-0.2, -0.15) is 0 Å². The summed E-state index contributed by atoms with van der Waals surface area (Å²) in [6.45, 7) is 3.85. The summed E-state index contributed by atoms with van der Waals surface area (Å²) in [4.78, 5) is 4.33. The topological polar surface area (TPSA) is 34.1 Å². The van der Waals surface area contributed by atoms with Crippen LogP contribution in [0.5, 0.6) is 5.75 Å². The molecule has 1 aromatic carbocycles. The first-order valence-corrected chi connectivity index (χ1v) is 7.76. The minimum atomic E-state index is 0.490. The van der Waals surface area contributed by atoms with E-state index in [-0.39, 0.29) is 0 Å². The molecule has 0 spiro atoms. The third-order valence-electron chi connectivity index (χ3n) is 4.02. The average molecular weight is 282 g/mol. The Hall–Kier alpha value is -1.87. The average Bonchev–Trinajstić information content (AvgIpc) is 2.93. The summed E-state index contributed by atoms with van der Waals surface area (Å²) in [5.41, 5.74) is 3.87. The number of nitrogens with zero attached hydrogens (tertiary/aromatic N) is 1. The molecule has 3 heteroatoms. The molecule has 0 saturated heterocycles. The molecule has 110 valence electrons. The lowest BCUT2D eigenvalue weighted by molar-refractivity contribution is 0.317. The fraction of sp³-hybridized carbons (Fsp3) is 0.389. The Labute approximate surface area is 126 Å². The second-order valence-corrected chi connectivity index (χ2v) is 5.39. The number of nitrogens with one attached hydrogen (secondary N) is 1. The van der Waals surface area contributed by atoms with Crippen LogP contribution < -0.4 is 10.1 Å². The van der Waals surface area contributed by atoms with Gasteiger partial charge in [-0.1, -0.05) is 25.1 Å². The zero-order valence-electron chi connectivity index (χ0n) is 12.5. The lowest BCUT2D eigenvalue weighted by Crippen LogP contribution is -2.18. The normalized spacial score (nSPS) is 16.7. The van der Waals surface area contributed by atoms with E-state index in [9.17, 15) is 0 Å². The number of hydrogen-bond acceptors (Lipinski definition) is 3. The third-order valence-corrected chi connectivity index (χ3v) is 4.02. The monoisotopic (exact) mass is 282 g/mol. The van der Waals surface area contributed by atoms with E-state index < -0.39 is 0 Å². The highest BCUT2D eigenvalue weighted by atomic mass is 16.5. The molecular formula is C18H22N2O. The van der Waals surface area contributed by atoms with Crippen LogP contribution in [0.4, 0.5) is 0 Å². The van der Waals surface area contributed by atoms with Crippen molar-refractivity contribution in [3.63, 3.8) is 0 Å². The molecule has 0 amide bonds. The van der Waals surface area contributed by atoms with Crippen molar-refractivity contribution in [2.24, 2.45) is 0 Å². The Bertz CT molecular complexity index is 583. The predicted molar refractivity (Wildman–Crippen MR) is 84.6 cm³/mol. The summed E-state index contributed by atoms with van der Waals surface area (Å²) in [6.07, 6.45) is 4.95. The Balaban J connectivity index is 1.64. The highest BCUT2D eigenvalue weighted by molar-refractivity contribution is 5.45. The molecule has 0 fully saturated rings. The predicted octanol–water partition coefficient (Wildman–Crippen LogP) is 3.30. The van der Waals surface area contributed by atoms with Gasteiger partial charge in [-0.15, -0.1) is 0 Å². The summed E-state index contributed by atoms with van der Waals surface area (Å²) in [7, 11) is 0. The van der Waals surface area contributed by atoms with E-state index in [0.29, 0.717) is 12.6 Å². The van der Waals surface area contributed by atoms with Gasteiger partial charge in [0.05, 0.1) is 6.61 Å². The van der Waals surface area contributed by atoms with Crippen LogP contribution in [0.25, 0.3) is 0 Å². The van der Waals surface area contributed by atoms with Crippen molar-refractivity contribution in [3.05, 3.63) is 59.4 Å². The molecule has 0 aliphatic heterocycles. The maximum absolute atomic E-state index is 6.01. The van der Waals surface area contributed by atoms with Gasteiger partial charge in [0, 0.05) is 24.4 Å². The molecule has 0 radical (unpaired) electrons. The second-order valence-electron chi connectivity index (χ2n) is 5.39. The summed E-state index contributed by atoms with van der Waals surface area (Å²) in [5.74, 6) is 1.05. The van der Waals surface area contributed by atoms with Crippen molar-refractivity contribution in [1.82, 2.24) is 10.3 Å². The standard InChI is InChI=1S/C18H22N2O/c1-2-19-17-10-9-16-15(17)7-5-8-18(16)21-13-11-14-6-3-4-12-20-14/h3-8,12,17,19H,2,9-11,13H2,1H3. The fourth-order valence-electron chi connectivity index (χ4n) is 3.03. The molecule has 3 nitrogen and oxygen atoms in total. The Morgan fingerprint density at radius 1 is 1.24 bits per heavy atom. The van der Waals surface area contributed by atoms with Gasteiger partial charge in [0.2, 0.25) is 0 Å². The quantitative estimate of drug-likeness (QED) is 0.882. The van der Waals surface area contributed by atoms with Crippen LogP contribution in [0.15, 0.2) is 42.6 Å². The van der Waals surface area contributed by atoms with Gasteiger partial charge in [-0.25, -0.2) is 0 Å². The Kier molecular flexibility index (Phi) is 4.51. The van der Waals surface area contributed by atoms with E-state index in [2.05, 4.69) is 35.4 Å². The molecule has 1 aliphatic rings. The van der Waals surface area contributed by atoms with E-state index in [0.717, 1.165) is 30.8 Å². The highest BCUT2D eigenvalue weighted by Crippen LogP contribution is 2.36. The number of fused-ring (bicyclic) bond motifs is 1. The van der Waals surface area contributed by atoms with Crippen molar-refractivity contribution in [2.45, 2.75) is 32.2 Å². The maximum atomic E-state index is 6.01. The van der Waals surface area contributed by atoms with Crippen LogP contribution in [0.2, 0.25) is 0 Å². The molecule has 1 aromatic heterocycles. The number of pyridine rings is 1. The molecule has 1 heterocycles. The van der Waals surface area contributed by atoms with E-state index in [1.54, 1.807) is 0 Å². The third kappa shape index (κ3) is 3.24. The van der Waals surface area contributed by atoms with Crippen molar-refractivity contribution >= 4 is 0 Å². The van der Waals surface area contributed by atoms with E-state index in [1.165, 1.54) is 17.5 Å². The van der Waals surface area contributed by atoms with Gasteiger partial charge in [-0.3, -0.25) is 4.98 Å². The molecule has 1 aliphatic carbocycles. The lowest BCUT2D eigenvalue weighted by Gasteiger charge is -2.14. The van der Waals surface area contributed by atoms with Crippen molar-refractivity contribution in [3.8, 4) is 5.75 Å². The summed E-state index contributed by atoms with van der Waals surface area (Å²) in [6, 6.07) is 12.9. The van der Waals surface area contributed by atoms with E-state index >= 15 is 0 Å². The van der Waals surface area contributed by atoms with Crippen LogP contribution in [0.1, 0.15) is 36.2 Å². The summed E-state index contributed by atoms with van der Waals surface area (Å²) in [5, 5.41) is 3.54. The number of benzene rings is 1. The smallest absolute Gasteiger partial charge is 0.122 e. The zero-order valence-corrected chi connectivity index (χ0v) is 12.5. The van der Waals surface area contributed by atoms with Gasteiger partial charge in [-0.05, 0) is 48.7 Å². The molecule has 1 unspecified atom stereocenters. The molecule has 2 aromatic rings. The number of aromatic nitrogens is 1. The molecule has 0 bridgehead atoms. The van der Waals surface area contributed by atoms with Crippen LogP contribution in [0.3, 0.4) is 0 Å². The molecular weight excluding hydrogens is 260 g/mol. The van der Waals surface area contributed by atoms with Crippen molar-refractivity contribution in [2.75, 3.05) is 13.2 Å². The van der Waals surface area contributed by atoms with Gasteiger partial charge >= 0.3 is 0 Å². The first-order chi connectivity index (χ1) is 10.4. The fourth-order valence-corrected chi connectivity index (χ4v) is 3.03. The lowest BCUT2D eigenvalue weighted by atomic mass is 10.1. The zero-order chi connectivity index (χ0) is 14.5. The van der Waals surface area contributed by atoms with Gasteiger partial charge in [0.15, 0.2) is 0 Å². The molecule has 0 saturated carbocycles. The Morgan fingerprint density at radius 3 is 3.00 bits per heavy atom. The Morgan fingerprint density at radius 2 is 2.19 bits per heavy atom. The number of rotatable bonds is 6. The van der Waals surface area contributed by atoms with Crippen LogP contribution in [0, 0.1) is 0 Å². The van der Waals surface area contributed by atoms with Crippen molar-refractivity contribution in [1.29, 1.82) is 0 Å². The molecule has 1 atom stereocenters. The van der Waals surface area contributed by atoms with Gasteiger partial charge < -0.3 is 10.1 Å². The van der Waals surface area contributed by atoms with Gasteiger partial charge in [0.25, 0.3) is 0 Å². The molecule has 3 rings (SSSR count). The number of ether oxygens (including phenoxy) is 1. The number of hydrogen-bond donors (Lipinski definition) is 1. The van der Waals surface area contributed by atoms with E-state index in [1.807, 2.05) is 24.4 Å². The maximum Gasteiger partial charge on any atom is 0.122 e. The highest BCUT2D eigenvalue weighted by Gasteiger charge is 2.24. The van der Waals surface area contributed by atoms with E-state index in [4.69, 9.17) is 4.74 Å². The summed E-state index contributed by atoms with van der Waals surface area (Å²) < 4.78 is 6.01. The van der Waals surface area contributed by atoms with Crippen LogP contribution in [-0.4, -0.2) is 18.1 Å². The first kappa shape index (κ1) is 14.1. The van der Waals surface area contributed by atoms with Gasteiger partial charge in [0.1, 0.15) is 5.75 Å². The summed E-state index contributed by atoms with van der Waals surface area (Å²) >= 11 is 0. The SMILES string of the molecule is CCNC1CCc2c(OCCc3ccccn3)cccc21. The second kappa shape index (κ2) is 6.72. The molecule has 1 N–H and O–H groups in total. The van der Waals surface area contributed by atoms with Crippen LogP contribution >= 0.6 is 0 Å². The minimum Gasteiger partial charge on any atom is -0.493 e. The minimum absolute atomic E-state index is 0.490. The van der Waals surface area contributed by atoms with Crippen molar-refractivity contribution < 1.29 is 4.74 Å². The first-order valence-electron chi connectivity index (χ1n) is 7.76.